The van der Waals surface area contributed by atoms with Crippen LogP contribution in [0.15, 0.2) is 12.4 Å². The summed E-state index contributed by atoms with van der Waals surface area (Å²) in [6, 6.07) is 0.324. The minimum Gasteiger partial charge on any atom is -0.476 e. The molecule has 1 saturated carbocycles. The zero-order valence-electron chi connectivity index (χ0n) is 9.59. The van der Waals surface area contributed by atoms with Crippen LogP contribution < -0.4 is 5.32 Å². The van der Waals surface area contributed by atoms with Gasteiger partial charge in [0.05, 0.1) is 18.5 Å². The SMILES string of the molecule is COC1CCC(Nc2cnc(C(=O)O)cn2)C1. The number of hydrogen-bond acceptors (Lipinski definition) is 5. The molecule has 0 saturated heterocycles. The molecule has 1 heterocycles. The highest BCUT2D eigenvalue weighted by Gasteiger charge is 2.24. The Morgan fingerprint density at radius 3 is 2.82 bits per heavy atom. The van der Waals surface area contributed by atoms with Gasteiger partial charge in [0.15, 0.2) is 5.69 Å². The zero-order chi connectivity index (χ0) is 12.3. The molecule has 0 amide bonds. The number of rotatable bonds is 4. The van der Waals surface area contributed by atoms with E-state index in [1.54, 1.807) is 7.11 Å². The molecule has 1 aromatic rings. The maximum atomic E-state index is 10.6. The average Bonchev–Trinajstić information content (AvgIpc) is 2.77. The van der Waals surface area contributed by atoms with E-state index in [9.17, 15) is 4.79 Å². The van der Waals surface area contributed by atoms with E-state index in [4.69, 9.17) is 9.84 Å². The van der Waals surface area contributed by atoms with Crippen molar-refractivity contribution in [3.8, 4) is 0 Å². The second kappa shape index (κ2) is 5.09. The van der Waals surface area contributed by atoms with Gasteiger partial charge in [-0.1, -0.05) is 0 Å². The molecule has 0 aromatic carbocycles. The highest BCUT2D eigenvalue weighted by Crippen LogP contribution is 2.23. The molecule has 0 spiro atoms. The van der Waals surface area contributed by atoms with Gasteiger partial charge in [-0.25, -0.2) is 14.8 Å². The van der Waals surface area contributed by atoms with E-state index in [1.165, 1.54) is 12.4 Å². The summed E-state index contributed by atoms with van der Waals surface area (Å²) in [5.41, 5.74) is -0.0447. The topological polar surface area (TPSA) is 84.3 Å². The van der Waals surface area contributed by atoms with Crippen molar-refractivity contribution in [1.29, 1.82) is 0 Å². The van der Waals surface area contributed by atoms with Gasteiger partial charge in [0.25, 0.3) is 0 Å². The van der Waals surface area contributed by atoms with Gasteiger partial charge in [-0.05, 0) is 19.3 Å². The molecule has 6 heteroatoms. The van der Waals surface area contributed by atoms with Crippen LogP contribution in [0.5, 0.6) is 0 Å². The Morgan fingerprint density at radius 2 is 2.29 bits per heavy atom. The number of carboxylic acids is 1. The molecule has 0 bridgehead atoms. The molecule has 1 fully saturated rings. The van der Waals surface area contributed by atoms with Gasteiger partial charge in [0.1, 0.15) is 5.82 Å². The molecular weight excluding hydrogens is 222 g/mol. The monoisotopic (exact) mass is 237 g/mol. The first-order valence-corrected chi connectivity index (χ1v) is 5.53. The van der Waals surface area contributed by atoms with E-state index in [-0.39, 0.29) is 5.69 Å². The summed E-state index contributed by atoms with van der Waals surface area (Å²) >= 11 is 0. The van der Waals surface area contributed by atoms with Crippen LogP contribution in [-0.2, 0) is 4.74 Å². The van der Waals surface area contributed by atoms with Gasteiger partial charge < -0.3 is 15.2 Å². The average molecular weight is 237 g/mol. The molecule has 92 valence electrons. The maximum Gasteiger partial charge on any atom is 0.356 e. The van der Waals surface area contributed by atoms with Crippen molar-refractivity contribution in [1.82, 2.24) is 9.97 Å². The number of anilines is 1. The number of nitrogens with one attached hydrogen (secondary N) is 1. The zero-order valence-corrected chi connectivity index (χ0v) is 9.59. The van der Waals surface area contributed by atoms with Crippen LogP contribution in [0.25, 0.3) is 0 Å². The highest BCUT2D eigenvalue weighted by molar-refractivity contribution is 5.84. The van der Waals surface area contributed by atoms with Crippen LogP contribution in [0.2, 0.25) is 0 Å². The lowest BCUT2D eigenvalue weighted by Crippen LogP contribution is -2.18. The van der Waals surface area contributed by atoms with Gasteiger partial charge in [-0.15, -0.1) is 0 Å². The van der Waals surface area contributed by atoms with E-state index in [2.05, 4.69) is 15.3 Å². The first-order valence-electron chi connectivity index (χ1n) is 5.53. The lowest BCUT2D eigenvalue weighted by Gasteiger charge is -2.12. The fourth-order valence-electron chi connectivity index (χ4n) is 2.01. The van der Waals surface area contributed by atoms with Crippen molar-refractivity contribution in [2.24, 2.45) is 0 Å². The third kappa shape index (κ3) is 2.91. The number of ether oxygens (including phenoxy) is 1. The minimum atomic E-state index is -1.07. The maximum absolute atomic E-state index is 10.6. The van der Waals surface area contributed by atoms with Crippen molar-refractivity contribution in [2.45, 2.75) is 31.4 Å². The van der Waals surface area contributed by atoms with Crippen LogP contribution in [0.1, 0.15) is 29.8 Å². The molecule has 0 radical (unpaired) electrons. The summed E-state index contributed by atoms with van der Waals surface area (Å²) in [7, 11) is 1.72. The van der Waals surface area contributed by atoms with Crippen LogP contribution in [-0.4, -0.2) is 40.3 Å². The van der Waals surface area contributed by atoms with Crippen molar-refractivity contribution < 1.29 is 14.6 Å². The largest absolute Gasteiger partial charge is 0.476 e. The van der Waals surface area contributed by atoms with Gasteiger partial charge in [-0.3, -0.25) is 0 Å². The van der Waals surface area contributed by atoms with E-state index < -0.39 is 5.97 Å². The van der Waals surface area contributed by atoms with Gasteiger partial charge in [0, 0.05) is 13.2 Å². The van der Waals surface area contributed by atoms with E-state index in [0.717, 1.165) is 19.3 Å². The summed E-state index contributed by atoms with van der Waals surface area (Å²) in [6.45, 7) is 0. The summed E-state index contributed by atoms with van der Waals surface area (Å²) < 4.78 is 5.28. The third-order valence-corrected chi connectivity index (χ3v) is 2.94. The standard InChI is InChI=1S/C11H15N3O3/c1-17-8-3-2-7(4-8)14-10-6-12-9(5-13-10)11(15)16/h5-8H,2-4H2,1H3,(H,13,14)(H,15,16). The fraction of sp³-hybridized carbons (Fsp3) is 0.545. The van der Waals surface area contributed by atoms with Gasteiger partial charge in [-0.2, -0.15) is 0 Å². The number of carbonyl (C=O) groups is 1. The molecule has 1 aliphatic carbocycles. The van der Waals surface area contributed by atoms with Crippen molar-refractivity contribution in [3.05, 3.63) is 18.1 Å². The number of aromatic nitrogens is 2. The molecule has 1 aliphatic rings. The van der Waals surface area contributed by atoms with Crippen LogP contribution in [0, 0.1) is 0 Å². The Kier molecular flexibility index (Phi) is 3.53. The highest BCUT2D eigenvalue weighted by atomic mass is 16.5. The number of nitrogens with zero attached hydrogens (tertiary/aromatic N) is 2. The Balaban J connectivity index is 1.93. The summed E-state index contributed by atoms with van der Waals surface area (Å²) in [5, 5.41) is 11.9. The molecule has 2 unspecified atom stereocenters. The second-order valence-electron chi connectivity index (χ2n) is 4.10. The number of aromatic carboxylic acids is 1. The van der Waals surface area contributed by atoms with E-state index in [0.29, 0.717) is 18.0 Å². The van der Waals surface area contributed by atoms with Crippen molar-refractivity contribution in [3.63, 3.8) is 0 Å². The predicted molar refractivity (Wildman–Crippen MR) is 61.1 cm³/mol. The Hall–Kier alpha value is -1.69. The van der Waals surface area contributed by atoms with Gasteiger partial charge in [0.2, 0.25) is 0 Å². The van der Waals surface area contributed by atoms with Crippen LogP contribution >= 0.6 is 0 Å². The first-order chi connectivity index (χ1) is 8.19. The molecule has 1 aromatic heterocycles. The number of carboxylic acid groups (broad SMARTS) is 1. The number of methoxy groups -OCH3 is 1. The summed E-state index contributed by atoms with van der Waals surface area (Å²) in [5.74, 6) is -0.457. The number of hydrogen-bond donors (Lipinski definition) is 2. The third-order valence-electron chi connectivity index (χ3n) is 2.94. The first kappa shape index (κ1) is 11.8. The molecular formula is C11H15N3O3. The molecule has 6 nitrogen and oxygen atoms in total. The molecule has 17 heavy (non-hydrogen) atoms. The Labute approximate surface area is 99.0 Å². The van der Waals surface area contributed by atoms with Crippen molar-refractivity contribution in [2.75, 3.05) is 12.4 Å². The summed E-state index contributed by atoms with van der Waals surface area (Å²) in [4.78, 5) is 18.4. The van der Waals surface area contributed by atoms with E-state index in [1.807, 2.05) is 0 Å². The van der Waals surface area contributed by atoms with E-state index >= 15 is 0 Å². The fourth-order valence-corrected chi connectivity index (χ4v) is 2.01. The Morgan fingerprint density at radius 1 is 1.47 bits per heavy atom. The molecule has 2 atom stereocenters. The van der Waals surface area contributed by atoms with Crippen LogP contribution in [0.3, 0.4) is 0 Å². The quantitative estimate of drug-likeness (QED) is 0.817. The minimum absolute atomic E-state index is 0.0447. The molecule has 0 aliphatic heterocycles. The van der Waals surface area contributed by atoms with Crippen LogP contribution in [0.4, 0.5) is 5.82 Å². The normalized spacial score (nSPS) is 23.6. The predicted octanol–water partition coefficient (Wildman–Crippen LogP) is 1.15. The second-order valence-corrected chi connectivity index (χ2v) is 4.10. The molecule has 2 rings (SSSR count). The molecule has 2 N–H and O–H groups in total. The lowest BCUT2D eigenvalue weighted by atomic mass is 10.2. The lowest BCUT2D eigenvalue weighted by molar-refractivity contribution is 0.0690. The Bertz CT molecular complexity index is 393. The van der Waals surface area contributed by atoms with Gasteiger partial charge >= 0.3 is 5.97 Å². The van der Waals surface area contributed by atoms with Crippen molar-refractivity contribution >= 4 is 11.8 Å². The smallest absolute Gasteiger partial charge is 0.356 e. The summed E-state index contributed by atoms with van der Waals surface area (Å²) in [6.07, 6.45) is 6.02.